The number of amides is 1. The van der Waals surface area contributed by atoms with E-state index in [0.29, 0.717) is 17.7 Å². The van der Waals surface area contributed by atoms with Crippen LogP contribution in [0.25, 0.3) is 21.7 Å². The molecule has 0 aliphatic rings. The van der Waals surface area contributed by atoms with Crippen LogP contribution < -0.4 is 5.73 Å². The minimum absolute atomic E-state index is 0.00835. The third-order valence-electron chi connectivity index (χ3n) is 4.72. The Labute approximate surface area is 150 Å². The molecule has 0 unspecified atom stereocenters. The Kier molecular flexibility index (Phi) is 3.81. The molecule has 0 fully saturated rings. The van der Waals surface area contributed by atoms with Crippen LogP contribution in [0.2, 0.25) is 0 Å². The number of ketones is 1. The third-order valence-corrected chi connectivity index (χ3v) is 4.72. The van der Waals surface area contributed by atoms with Gasteiger partial charge in [0.15, 0.2) is 5.78 Å². The van der Waals surface area contributed by atoms with Crippen molar-refractivity contribution >= 4 is 33.4 Å². The van der Waals surface area contributed by atoms with Crippen molar-refractivity contribution in [3.05, 3.63) is 83.6 Å². The van der Waals surface area contributed by atoms with Crippen molar-refractivity contribution in [2.24, 2.45) is 5.73 Å². The van der Waals surface area contributed by atoms with Crippen LogP contribution in [0.15, 0.2) is 66.9 Å². The van der Waals surface area contributed by atoms with E-state index in [1.54, 1.807) is 18.3 Å². The maximum absolute atomic E-state index is 11.8. The van der Waals surface area contributed by atoms with E-state index in [1.807, 2.05) is 22.8 Å². The fraction of sp³-hybridized carbons (Fsp3) is 0.0909. The van der Waals surface area contributed by atoms with Crippen LogP contribution in [0.4, 0.5) is 0 Å². The van der Waals surface area contributed by atoms with Crippen LogP contribution in [-0.4, -0.2) is 16.3 Å². The highest BCUT2D eigenvalue weighted by Crippen LogP contribution is 2.25. The van der Waals surface area contributed by atoms with Gasteiger partial charge in [-0.2, -0.15) is 0 Å². The molecule has 0 saturated heterocycles. The van der Waals surface area contributed by atoms with Crippen LogP contribution in [0.3, 0.4) is 0 Å². The number of fused-ring (bicyclic) bond motifs is 2. The number of carbonyl (C=O) groups is 2. The first-order valence-electron chi connectivity index (χ1n) is 8.44. The van der Waals surface area contributed by atoms with Crippen molar-refractivity contribution in [2.45, 2.75) is 13.5 Å². The monoisotopic (exact) mass is 342 g/mol. The van der Waals surface area contributed by atoms with Crippen molar-refractivity contribution in [3.8, 4) is 0 Å². The van der Waals surface area contributed by atoms with E-state index in [-0.39, 0.29) is 5.78 Å². The number of nitrogens with two attached hydrogens (primary N) is 1. The van der Waals surface area contributed by atoms with E-state index >= 15 is 0 Å². The highest BCUT2D eigenvalue weighted by Gasteiger charge is 2.14. The lowest BCUT2D eigenvalue weighted by Gasteiger charge is -2.08. The van der Waals surface area contributed by atoms with Crippen LogP contribution in [-0.2, 0) is 6.54 Å². The van der Waals surface area contributed by atoms with Gasteiger partial charge in [0, 0.05) is 29.2 Å². The fourth-order valence-electron chi connectivity index (χ4n) is 3.37. The maximum Gasteiger partial charge on any atom is 0.250 e. The minimum Gasteiger partial charge on any atom is -0.366 e. The van der Waals surface area contributed by atoms with E-state index < -0.39 is 5.91 Å². The first kappa shape index (κ1) is 16.1. The van der Waals surface area contributed by atoms with Gasteiger partial charge in [-0.1, -0.05) is 48.5 Å². The summed E-state index contributed by atoms with van der Waals surface area (Å²) in [5, 5.41) is 3.12. The van der Waals surface area contributed by atoms with Gasteiger partial charge in [0.05, 0.1) is 5.56 Å². The van der Waals surface area contributed by atoms with Gasteiger partial charge >= 0.3 is 0 Å². The topological polar surface area (TPSA) is 65.1 Å². The van der Waals surface area contributed by atoms with Crippen molar-refractivity contribution in [1.82, 2.24) is 4.57 Å². The van der Waals surface area contributed by atoms with Gasteiger partial charge in [-0.15, -0.1) is 0 Å². The number of primary amides is 1. The second kappa shape index (κ2) is 6.15. The number of nitrogens with zero attached hydrogens (tertiary/aromatic N) is 1. The highest BCUT2D eigenvalue weighted by atomic mass is 16.1. The van der Waals surface area contributed by atoms with Gasteiger partial charge in [-0.3, -0.25) is 9.59 Å². The van der Waals surface area contributed by atoms with E-state index in [1.165, 1.54) is 17.7 Å². The van der Waals surface area contributed by atoms with Crippen molar-refractivity contribution in [2.75, 3.05) is 0 Å². The SMILES string of the molecule is CC(=O)c1ccc2c(C(N)=O)cn(Cc3ccc4ccccc4c3)c2c1. The Bertz CT molecular complexity index is 1170. The molecule has 26 heavy (non-hydrogen) atoms. The Balaban J connectivity index is 1.84. The zero-order chi connectivity index (χ0) is 18.3. The van der Waals surface area contributed by atoms with Gasteiger partial charge in [-0.25, -0.2) is 0 Å². The largest absolute Gasteiger partial charge is 0.366 e. The summed E-state index contributed by atoms with van der Waals surface area (Å²) in [7, 11) is 0. The maximum atomic E-state index is 11.8. The molecule has 0 saturated carbocycles. The lowest BCUT2D eigenvalue weighted by molar-refractivity contribution is 0.0997. The first-order chi connectivity index (χ1) is 12.5. The smallest absolute Gasteiger partial charge is 0.250 e. The predicted molar refractivity (Wildman–Crippen MR) is 104 cm³/mol. The van der Waals surface area contributed by atoms with Gasteiger partial charge in [0.1, 0.15) is 0 Å². The summed E-state index contributed by atoms with van der Waals surface area (Å²) in [6.07, 6.45) is 1.77. The average molecular weight is 342 g/mol. The molecule has 128 valence electrons. The van der Waals surface area contributed by atoms with Crippen LogP contribution in [0, 0.1) is 0 Å². The Hall–Kier alpha value is -3.40. The van der Waals surface area contributed by atoms with E-state index in [4.69, 9.17) is 5.73 Å². The molecule has 1 amide bonds. The second-order valence-corrected chi connectivity index (χ2v) is 6.50. The fourth-order valence-corrected chi connectivity index (χ4v) is 3.37. The van der Waals surface area contributed by atoms with Crippen LogP contribution in [0.5, 0.6) is 0 Å². The number of benzene rings is 3. The molecule has 0 bridgehead atoms. The molecule has 4 nitrogen and oxygen atoms in total. The van der Waals surface area contributed by atoms with Crippen LogP contribution >= 0.6 is 0 Å². The number of aromatic nitrogens is 1. The minimum atomic E-state index is -0.470. The first-order valence-corrected chi connectivity index (χ1v) is 8.44. The lowest BCUT2D eigenvalue weighted by atomic mass is 10.1. The highest BCUT2D eigenvalue weighted by molar-refractivity contribution is 6.08. The van der Waals surface area contributed by atoms with Gasteiger partial charge in [0.25, 0.3) is 5.91 Å². The second-order valence-electron chi connectivity index (χ2n) is 6.50. The summed E-state index contributed by atoms with van der Waals surface area (Å²) in [6.45, 7) is 2.13. The molecule has 1 aromatic heterocycles. The predicted octanol–water partition coefficient (Wildman–Crippen LogP) is 4.14. The van der Waals surface area contributed by atoms with Crippen molar-refractivity contribution < 1.29 is 9.59 Å². The zero-order valence-electron chi connectivity index (χ0n) is 14.4. The lowest BCUT2D eigenvalue weighted by Crippen LogP contribution is -2.10. The van der Waals surface area contributed by atoms with Gasteiger partial charge < -0.3 is 10.3 Å². The molecule has 0 radical (unpaired) electrons. The number of rotatable bonds is 4. The normalized spacial score (nSPS) is 11.1. The zero-order valence-corrected chi connectivity index (χ0v) is 14.4. The van der Waals surface area contributed by atoms with Crippen LogP contribution in [0.1, 0.15) is 33.2 Å². The molecule has 3 aromatic carbocycles. The van der Waals surface area contributed by atoms with E-state index in [0.717, 1.165) is 16.5 Å². The molecule has 0 atom stereocenters. The molecular weight excluding hydrogens is 324 g/mol. The third kappa shape index (κ3) is 2.75. The molecule has 0 aliphatic carbocycles. The standard InChI is InChI=1S/C22H18N2O2/c1-14(25)17-8-9-19-20(22(23)26)13-24(21(19)11-17)12-15-6-7-16-4-2-3-5-18(16)10-15/h2-11,13H,12H2,1H3,(H2,23,26). The van der Waals surface area contributed by atoms with E-state index in [9.17, 15) is 9.59 Å². The van der Waals surface area contributed by atoms with Crippen molar-refractivity contribution in [1.29, 1.82) is 0 Å². The number of Topliss-reactive ketones (excluding diaryl/α,β-unsaturated/α-hetero) is 1. The summed E-state index contributed by atoms with van der Waals surface area (Å²) < 4.78 is 1.98. The van der Waals surface area contributed by atoms with Crippen molar-refractivity contribution in [3.63, 3.8) is 0 Å². The average Bonchev–Trinajstić information content (AvgIpc) is 2.99. The van der Waals surface area contributed by atoms with E-state index in [2.05, 4.69) is 30.3 Å². The molecule has 4 heteroatoms. The molecule has 4 rings (SSSR count). The molecule has 2 N–H and O–H groups in total. The summed E-state index contributed by atoms with van der Waals surface area (Å²) in [5.74, 6) is -0.478. The quantitative estimate of drug-likeness (QED) is 0.566. The Morgan fingerprint density at radius 1 is 0.962 bits per heavy atom. The molecule has 0 spiro atoms. The summed E-state index contributed by atoms with van der Waals surface area (Å²) in [5.41, 5.74) is 8.57. The number of hydrogen-bond acceptors (Lipinski definition) is 2. The summed E-state index contributed by atoms with van der Waals surface area (Å²) >= 11 is 0. The Morgan fingerprint density at radius 3 is 2.46 bits per heavy atom. The summed E-state index contributed by atoms with van der Waals surface area (Å²) in [4.78, 5) is 23.6. The molecule has 1 heterocycles. The number of hydrogen-bond donors (Lipinski definition) is 1. The molecule has 0 aliphatic heterocycles. The number of carbonyl (C=O) groups excluding carboxylic acids is 2. The molecular formula is C22H18N2O2. The molecule has 4 aromatic rings. The van der Waals surface area contributed by atoms with Gasteiger partial charge in [-0.05, 0) is 35.4 Å². The van der Waals surface area contributed by atoms with Gasteiger partial charge in [0.2, 0.25) is 0 Å². The summed E-state index contributed by atoms with van der Waals surface area (Å²) in [6, 6.07) is 19.8. The Morgan fingerprint density at radius 2 is 1.73 bits per heavy atom.